The average Bonchev–Trinajstić information content (AvgIpc) is 3.36. The van der Waals surface area contributed by atoms with Crippen LogP contribution in [0, 0.1) is 11.2 Å². The molecule has 1 aromatic heterocycles. The molecule has 10 heteroatoms. The Labute approximate surface area is 198 Å². The topological polar surface area (TPSA) is 113 Å². The van der Waals surface area contributed by atoms with Gasteiger partial charge < -0.3 is 15.3 Å². The zero-order valence-electron chi connectivity index (χ0n) is 19.8. The molecule has 1 aliphatic rings. The predicted octanol–water partition coefficient (Wildman–Crippen LogP) is 3.31. The standard InChI is InChI=1S/C24H31FN6O3/c1-4-5-9-24(2)10-6-11-30(3)23(24)29-21(20(33)14-32)22(34)27-13-17-7-8-18(25)12-19(17)31-16-26-15-28-31/h7-8,12,14-16,33H,4-6,9-11,13H2,1-3H3,(H,27,34)/b21-20+,29-23?. The van der Waals surface area contributed by atoms with Crippen molar-refractivity contribution in [3.8, 4) is 5.69 Å². The Morgan fingerprint density at radius 3 is 2.88 bits per heavy atom. The van der Waals surface area contributed by atoms with Crippen LogP contribution in [-0.2, 0) is 16.1 Å². The molecule has 182 valence electrons. The number of unbranched alkanes of at least 4 members (excludes halogenated alkanes) is 1. The summed E-state index contributed by atoms with van der Waals surface area (Å²) in [6.45, 7) is 4.99. The minimum absolute atomic E-state index is 0.00224. The lowest BCUT2D eigenvalue weighted by atomic mass is 9.76. The summed E-state index contributed by atoms with van der Waals surface area (Å²) in [5.41, 5.74) is 0.370. The van der Waals surface area contributed by atoms with E-state index < -0.39 is 17.5 Å². The van der Waals surface area contributed by atoms with Crippen molar-refractivity contribution in [3.63, 3.8) is 0 Å². The lowest BCUT2D eigenvalue weighted by Crippen LogP contribution is -2.46. The quantitative estimate of drug-likeness (QED) is 0.330. The smallest absolute Gasteiger partial charge is 0.274 e. The third kappa shape index (κ3) is 5.67. The Kier molecular flexibility index (Phi) is 8.14. The number of halogens is 1. The number of allylic oxidation sites excluding steroid dienone is 1. The van der Waals surface area contributed by atoms with Gasteiger partial charge in [0.2, 0.25) is 0 Å². The summed E-state index contributed by atoms with van der Waals surface area (Å²) in [5.74, 6) is -1.23. The van der Waals surface area contributed by atoms with E-state index in [0.717, 1.165) is 38.6 Å². The van der Waals surface area contributed by atoms with Crippen molar-refractivity contribution in [1.82, 2.24) is 25.0 Å². The third-order valence-electron chi connectivity index (χ3n) is 6.14. The van der Waals surface area contributed by atoms with Gasteiger partial charge in [-0.3, -0.25) is 9.59 Å². The van der Waals surface area contributed by atoms with Crippen molar-refractivity contribution in [1.29, 1.82) is 0 Å². The molecule has 2 N–H and O–H groups in total. The first-order valence-corrected chi connectivity index (χ1v) is 11.4. The van der Waals surface area contributed by atoms with Gasteiger partial charge in [0, 0.05) is 25.6 Å². The zero-order chi connectivity index (χ0) is 24.7. The molecule has 1 saturated heterocycles. The molecule has 1 fully saturated rings. The van der Waals surface area contributed by atoms with E-state index in [9.17, 15) is 19.1 Å². The fourth-order valence-corrected chi connectivity index (χ4v) is 4.29. The molecule has 0 aliphatic carbocycles. The van der Waals surface area contributed by atoms with E-state index in [1.165, 1.54) is 35.5 Å². The number of nitrogens with one attached hydrogen (secondary N) is 1. The summed E-state index contributed by atoms with van der Waals surface area (Å²) in [6, 6.07) is 4.09. The van der Waals surface area contributed by atoms with Crippen LogP contribution in [0.2, 0.25) is 0 Å². The molecule has 0 bridgehead atoms. The zero-order valence-corrected chi connectivity index (χ0v) is 19.8. The van der Waals surface area contributed by atoms with Crippen molar-refractivity contribution in [2.75, 3.05) is 13.6 Å². The maximum absolute atomic E-state index is 13.8. The number of nitrogens with zero attached hydrogens (tertiary/aromatic N) is 5. The van der Waals surface area contributed by atoms with Gasteiger partial charge in [-0.1, -0.05) is 32.8 Å². The Balaban J connectivity index is 1.89. The summed E-state index contributed by atoms with van der Waals surface area (Å²) >= 11 is 0. The normalized spacial score (nSPS) is 20.2. The van der Waals surface area contributed by atoms with Gasteiger partial charge in [0.15, 0.2) is 17.7 Å². The van der Waals surface area contributed by atoms with Gasteiger partial charge in [-0.25, -0.2) is 19.0 Å². The minimum Gasteiger partial charge on any atom is -0.503 e. The van der Waals surface area contributed by atoms with Gasteiger partial charge in [-0.2, -0.15) is 5.10 Å². The van der Waals surface area contributed by atoms with Gasteiger partial charge in [0.1, 0.15) is 24.3 Å². The van der Waals surface area contributed by atoms with Crippen molar-refractivity contribution in [2.45, 2.75) is 52.5 Å². The number of aliphatic imine (C=N–C) groups is 1. The van der Waals surface area contributed by atoms with Crippen LogP contribution in [-0.4, -0.2) is 56.4 Å². The summed E-state index contributed by atoms with van der Waals surface area (Å²) in [4.78, 5) is 34.8. The summed E-state index contributed by atoms with van der Waals surface area (Å²) in [5, 5.41) is 16.9. The van der Waals surface area contributed by atoms with E-state index in [-0.39, 0.29) is 23.9 Å². The van der Waals surface area contributed by atoms with Crippen molar-refractivity contribution < 1.29 is 19.1 Å². The highest BCUT2D eigenvalue weighted by Gasteiger charge is 2.36. The fourth-order valence-electron chi connectivity index (χ4n) is 4.29. The molecule has 3 rings (SSSR count). The van der Waals surface area contributed by atoms with E-state index >= 15 is 0 Å². The number of aldehydes is 1. The Hall–Kier alpha value is -3.56. The molecule has 0 spiro atoms. The lowest BCUT2D eigenvalue weighted by Gasteiger charge is -2.41. The second-order valence-electron chi connectivity index (χ2n) is 8.77. The minimum atomic E-state index is -0.738. The summed E-state index contributed by atoms with van der Waals surface area (Å²) in [6.07, 6.45) is 7.78. The number of benzene rings is 1. The molecule has 0 radical (unpaired) electrons. The number of carbonyl (C=O) groups is 2. The molecule has 2 aromatic rings. The number of rotatable bonds is 9. The van der Waals surface area contributed by atoms with Gasteiger partial charge in [-0.05, 0) is 37.0 Å². The highest BCUT2D eigenvalue weighted by molar-refractivity contribution is 6.01. The molecule has 2 heterocycles. The van der Waals surface area contributed by atoms with E-state index in [0.29, 0.717) is 17.1 Å². The molecule has 1 aromatic carbocycles. The maximum Gasteiger partial charge on any atom is 0.274 e. The van der Waals surface area contributed by atoms with Gasteiger partial charge in [0.25, 0.3) is 5.91 Å². The van der Waals surface area contributed by atoms with E-state index in [2.05, 4.69) is 34.2 Å². The molecular formula is C24H31FN6O3. The van der Waals surface area contributed by atoms with Gasteiger partial charge >= 0.3 is 0 Å². The van der Waals surface area contributed by atoms with Crippen LogP contribution in [0.3, 0.4) is 0 Å². The van der Waals surface area contributed by atoms with E-state index in [1.807, 2.05) is 11.9 Å². The molecule has 1 amide bonds. The monoisotopic (exact) mass is 470 g/mol. The Morgan fingerprint density at radius 1 is 1.41 bits per heavy atom. The third-order valence-corrected chi connectivity index (χ3v) is 6.14. The number of amidine groups is 1. The number of aliphatic hydroxyl groups excluding tert-OH is 1. The van der Waals surface area contributed by atoms with Crippen LogP contribution in [0.15, 0.2) is 47.3 Å². The fraction of sp³-hybridized carbons (Fsp3) is 0.458. The predicted molar refractivity (Wildman–Crippen MR) is 126 cm³/mol. The number of hydrogen-bond acceptors (Lipinski definition) is 6. The molecular weight excluding hydrogens is 439 g/mol. The van der Waals surface area contributed by atoms with Crippen LogP contribution in [0.25, 0.3) is 5.69 Å². The van der Waals surface area contributed by atoms with Gasteiger partial charge in [0.05, 0.1) is 5.69 Å². The van der Waals surface area contributed by atoms with Crippen LogP contribution < -0.4 is 5.32 Å². The Bertz CT molecular complexity index is 1080. The van der Waals surface area contributed by atoms with Crippen LogP contribution >= 0.6 is 0 Å². The van der Waals surface area contributed by atoms with Crippen molar-refractivity contribution in [3.05, 3.63) is 53.7 Å². The molecule has 1 unspecified atom stereocenters. The van der Waals surface area contributed by atoms with Crippen molar-refractivity contribution in [2.24, 2.45) is 10.4 Å². The average molecular weight is 471 g/mol. The summed E-state index contributed by atoms with van der Waals surface area (Å²) in [7, 11) is 1.90. The number of aliphatic hydroxyl groups is 1. The molecule has 1 atom stereocenters. The maximum atomic E-state index is 13.8. The SMILES string of the molecule is CCCCC1(C)CCCN(C)C1=N/C(C(=O)NCc1ccc(F)cc1-n1cncn1)=C(/O)C=O. The van der Waals surface area contributed by atoms with E-state index in [1.54, 1.807) is 0 Å². The number of amides is 1. The Morgan fingerprint density at radius 2 is 2.21 bits per heavy atom. The first-order chi connectivity index (χ1) is 16.3. The molecule has 34 heavy (non-hydrogen) atoms. The van der Waals surface area contributed by atoms with Crippen LogP contribution in [0.4, 0.5) is 4.39 Å². The van der Waals surface area contributed by atoms with Crippen LogP contribution in [0.5, 0.6) is 0 Å². The summed E-state index contributed by atoms with van der Waals surface area (Å²) < 4.78 is 15.2. The first-order valence-electron chi connectivity index (χ1n) is 11.4. The molecule has 1 aliphatic heterocycles. The number of hydrogen-bond donors (Lipinski definition) is 2. The molecule has 0 saturated carbocycles. The largest absolute Gasteiger partial charge is 0.503 e. The van der Waals surface area contributed by atoms with Crippen molar-refractivity contribution >= 4 is 18.0 Å². The van der Waals surface area contributed by atoms with Crippen LogP contribution in [0.1, 0.15) is 51.5 Å². The second-order valence-corrected chi connectivity index (χ2v) is 8.77. The first kappa shape index (κ1) is 25.1. The highest BCUT2D eigenvalue weighted by atomic mass is 19.1. The lowest BCUT2D eigenvalue weighted by molar-refractivity contribution is -0.118. The number of aromatic nitrogens is 3. The number of carbonyl (C=O) groups excluding carboxylic acids is 2. The second kappa shape index (κ2) is 11.0. The number of piperidine rings is 1. The highest BCUT2D eigenvalue weighted by Crippen LogP contribution is 2.37. The van der Waals surface area contributed by atoms with E-state index in [4.69, 9.17) is 0 Å². The van der Waals surface area contributed by atoms with Gasteiger partial charge in [-0.15, -0.1) is 0 Å². The molecule has 9 nitrogen and oxygen atoms in total. The number of likely N-dealkylation sites (tertiary alicyclic amines) is 1.